The van der Waals surface area contributed by atoms with E-state index in [9.17, 15) is 18.4 Å². The summed E-state index contributed by atoms with van der Waals surface area (Å²) in [5.41, 5.74) is 6.04. The average Bonchev–Trinajstić information content (AvgIpc) is 2.67. The standard InChI is InChI=1S/C22H32F2N4O3/c1-14(2)12-28(15-4-3-5-15)19(11-25)22(30)26-18-7-6-16(10-17(18)21(23)24)27-8-9-31-13-20(27)29/h6-7,10,14-15,19,21H,3-5,8-9,11-13,25H2,1-2H3,(H,26,30)/t19-/m1/s1. The Morgan fingerprint density at radius 1 is 1.35 bits per heavy atom. The summed E-state index contributed by atoms with van der Waals surface area (Å²) in [7, 11) is 0. The predicted octanol–water partition coefficient (Wildman–Crippen LogP) is 2.76. The Morgan fingerprint density at radius 2 is 2.10 bits per heavy atom. The minimum Gasteiger partial charge on any atom is -0.370 e. The van der Waals surface area contributed by atoms with Crippen molar-refractivity contribution < 1.29 is 23.1 Å². The Labute approximate surface area is 181 Å². The van der Waals surface area contributed by atoms with E-state index in [1.807, 2.05) is 0 Å². The summed E-state index contributed by atoms with van der Waals surface area (Å²) in [5, 5.41) is 2.67. The molecule has 3 N–H and O–H groups in total. The van der Waals surface area contributed by atoms with Crippen molar-refractivity contribution >= 4 is 23.2 Å². The number of alkyl halides is 2. The molecule has 172 valence electrons. The van der Waals surface area contributed by atoms with Gasteiger partial charge >= 0.3 is 0 Å². The van der Waals surface area contributed by atoms with Crippen LogP contribution in [0.5, 0.6) is 0 Å². The molecule has 0 unspecified atom stereocenters. The first kappa shape index (κ1) is 23.6. The Hall–Kier alpha value is -2.10. The van der Waals surface area contributed by atoms with Crippen LogP contribution in [0.3, 0.4) is 0 Å². The highest BCUT2D eigenvalue weighted by Crippen LogP contribution is 2.33. The Balaban J connectivity index is 1.80. The number of rotatable bonds is 9. The van der Waals surface area contributed by atoms with Gasteiger partial charge < -0.3 is 20.7 Å². The molecule has 0 spiro atoms. The van der Waals surface area contributed by atoms with E-state index in [4.69, 9.17) is 10.5 Å². The summed E-state index contributed by atoms with van der Waals surface area (Å²) in [6.45, 7) is 5.56. The van der Waals surface area contributed by atoms with Crippen molar-refractivity contribution in [2.75, 3.05) is 43.1 Å². The minimum atomic E-state index is -2.80. The molecule has 7 nitrogen and oxygen atoms in total. The quantitative estimate of drug-likeness (QED) is 0.619. The number of nitrogens with zero attached hydrogens (tertiary/aromatic N) is 2. The molecule has 0 aromatic heterocycles. The van der Waals surface area contributed by atoms with Gasteiger partial charge in [0, 0.05) is 42.6 Å². The number of carbonyl (C=O) groups is 2. The van der Waals surface area contributed by atoms with Crippen molar-refractivity contribution in [2.45, 2.75) is 51.6 Å². The normalized spacial score (nSPS) is 18.6. The van der Waals surface area contributed by atoms with Gasteiger partial charge in [-0.3, -0.25) is 14.5 Å². The van der Waals surface area contributed by atoms with Gasteiger partial charge in [0.2, 0.25) is 5.91 Å². The van der Waals surface area contributed by atoms with Gasteiger partial charge in [0.05, 0.1) is 6.61 Å². The summed E-state index contributed by atoms with van der Waals surface area (Å²) in [6.07, 6.45) is 0.346. The Bertz CT molecular complexity index is 786. The molecule has 1 aromatic carbocycles. The summed E-state index contributed by atoms with van der Waals surface area (Å²) < 4.78 is 32.7. The van der Waals surface area contributed by atoms with Gasteiger partial charge in [0.25, 0.3) is 12.3 Å². The topological polar surface area (TPSA) is 87.9 Å². The molecule has 1 saturated carbocycles. The summed E-state index contributed by atoms with van der Waals surface area (Å²) in [4.78, 5) is 28.7. The molecule has 1 aliphatic carbocycles. The van der Waals surface area contributed by atoms with Crippen molar-refractivity contribution in [3.05, 3.63) is 23.8 Å². The van der Waals surface area contributed by atoms with Gasteiger partial charge in [0.1, 0.15) is 12.6 Å². The van der Waals surface area contributed by atoms with Crippen LogP contribution in [0.2, 0.25) is 0 Å². The molecular weight excluding hydrogens is 406 g/mol. The number of hydrogen-bond acceptors (Lipinski definition) is 5. The highest BCUT2D eigenvalue weighted by Gasteiger charge is 2.34. The fourth-order valence-corrected chi connectivity index (χ4v) is 4.08. The van der Waals surface area contributed by atoms with E-state index in [-0.39, 0.29) is 36.2 Å². The number of morpholine rings is 1. The van der Waals surface area contributed by atoms with Crippen LogP contribution >= 0.6 is 0 Å². The largest absolute Gasteiger partial charge is 0.370 e. The first-order valence-corrected chi connectivity index (χ1v) is 10.9. The molecular formula is C22H32F2N4O3. The monoisotopic (exact) mass is 438 g/mol. The number of nitrogens with one attached hydrogen (secondary N) is 1. The molecule has 31 heavy (non-hydrogen) atoms. The van der Waals surface area contributed by atoms with Gasteiger partial charge in [-0.2, -0.15) is 0 Å². The molecule has 3 rings (SSSR count). The smallest absolute Gasteiger partial charge is 0.265 e. The molecule has 1 aromatic rings. The van der Waals surface area contributed by atoms with E-state index in [1.165, 1.54) is 17.0 Å². The minimum absolute atomic E-state index is 0.0426. The van der Waals surface area contributed by atoms with Crippen LogP contribution in [0.25, 0.3) is 0 Å². The third-order valence-corrected chi connectivity index (χ3v) is 5.87. The maximum atomic E-state index is 13.8. The zero-order valence-electron chi connectivity index (χ0n) is 18.2. The van der Waals surface area contributed by atoms with Crippen molar-refractivity contribution in [3.8, 4) is 0 Å². The van der Waals surface area contributed by atoms with E-state index in [0.29, 0.717) is 30.8 Å². The van der Waals surface area contributed by atoms with Crippen LogP contribution in [-0.2, 0) is 14.3 Å². The molecule has 1 heterocycles. The highest BCUT2D eigenvalue weighted by molar-refractivity contribution is 5.97. The first-order chi connectivity index (χ1) is 14.8. The van der Waals surface area contributed by atoms with Crippen LogP contribution in [0, 0.1) is 5.92 Å². The van der Waals surface area contributed by atoms with E-state index < -0.39 is 12.5 Å². The molecule has 2 amide bonds. The number of anilines is 2. The lowest BCUT2D eigenvalue weighted by Crippen LogP contribution is -2.55. The van der Waals surface area contributed by atoms with Crippen molar-refractivity contribution in [3.63, 3.8) is 0 Å². The summed E-state index contributed by atoms with van der Waals surface area (Å²) in [5.74, 6) is -0.312. The summed E-state index contributed by atoms with van der Waals surface area (Å²) in [6, 6.07) is 3.98. The number of benzene rings is 1. The molecule has 1 saturated heterocycles. The fraction of sp³-hybridized carbons (Fsp3) is 0.636. The van der Waals surface area contributed by atoms with Gasteiger partial charge in [-0.1, -0.05) is 20.3 Å². The SMILES string of the molecule is CC(C)CN(C1CCC1)[C@H](CN)C(=O)Nc1ccc(N2CCOCC2=O)cc1C(F)F. The Morgan fingerprint density at radius 3 is 2.65 bits per heavy atom. The Kier molecular flexibility index (Phi) is 7.96. The second-order valence-corrected chi connectivity index (χ2v) is 8.59. The van der Waals surface area contributed by atoms with Crippen LogP contribution in [0.15, 0.2) is 18.2 Å². The number of ether oxygens (including phenoxy) is 1. The lowest BCUT2D eigenvalue weighted by molar-refractivity contribution is -0.125. The maximum absolute atomic E-state index is 13.8. The van der Waals surface area contributed by atoms with Gasteiger partial charge in [0.15, 0.2) is 0 Å². The van der Waals surface area contributed by atoms with Crippen LogP contribution in [-0.4, -0.2) is 61.6 Å². The van der Waals surface area contributed by atoms with Crippen molar-refractivity contribution in [2.24, 2.45) is 11.7 Å². The predicted molar refractivity (Wildman–Crippen MR) is 115 cm³/mol. The molecule has 2 fully saturated rings. The first-order valence-electron chi connectivity index (χ1n) is 10.9. The molecule has 9 heteroatoms. The van der Waals surface area contributed by atoms with Crippen LogP contribution < -0.4 is 16.0 Å². The van der Waals surface area contributed by atoms with Crippen LogP contribution in [0.1, 0.15) is 45.1 Å². The second-order valence-electron chi connectivity index (χ2n) is 8.59. The highest BCUT2D eigenvalue weighted by atomic mass is 19.3. The van der Waals surface area contributed by atoms with E-state index >= 15 is 0 Å². The number of hydrogen-bond donors (Lipinski definition) is 2. The summed E-state index contributed by atoms with van der Waals surface area (Å²) >= 11 is 0. The maximum Gasteiger partial charge on any atom is 0.265 e. The van der Waals surface area contributed by atoms with Crippen molar-refractivity contribution in [1.29, 1.82) is 0 Å². The van der Waals surface area contributed by atoms with E-state index in [2.05, 4.69) is 24.1 Å². The zero-order chi connectivity index (χ0) is 22.5. The molecule has 2 aliphatic rings. The lowest BCUT2D eigenvalue weighted by Gasteiger charge is -2.42. The number of halogens is 2. The van der Waals surface area contributed by atoms with Crippen molar-refractivity contribution in [1.82, 2.24) is 4.90 Å². The van der Waals surface area contributed by atoms with Crippen LogP contribution in [0.4, 0.5) is 20.2 Å². The third kappa shape index (κ3) is 5.58. The average molecular weight is 439 g/mol. The molecule has 1 aliphatic heterocycles. The fourth-order valence-electron chi connectivity index (χ4n) is 4.08. The third-order valence-electron chi connectivity index (χ3n) is 5.87. The molecule has 0 bridgehead atoms. The second kappa shape index (κ2) is 10.5. The zero-order valence-corrected chi connectivity index (χ0v) is 18.2. The number of amides is 2. The van der Waals surface area contributed by atoms with Gasteiger partial charge in [-0.05, 0) is 37.0 Å². The molecule has 1 atom stereocenters. The van der Waals surface area contributed by atoms with E-state index in [0.717, 1.165) is 25.8 Å². The van der Waals surface area contributed by atoms with Gasteiger partial charge in [-0.25, -0.2) is 8.78 Å². The van der Waals surface area contributed by atoms with Gasteiger partial charge in [-0.15, -0.1) is 0 Å². The number of nitrogens with two attached hydrogens (primary N) is 1. The van der Waals surface area contributed by atoms with E-state index in [1.54, 1.807) is 6.07 Å². The number of carbonyl (C=O) groups excluding carboxylic acids is 2. The molecule has 0 radical (unpaired) electrons. The lowest BCUT2D eigenvalue weighted by atomic mass is 9.89.